The van der Waals surface area contributed by atoms with Crippen LogP contribution in [-0.4, -0.2) is 16.6 Å². The molecule has 0 bridgehead atoms. The highest BCUT2D eigenvalue weighted by Crippen LogP contribution is 2.38. The van der Waals surface area contributed by atoms with Crippen LogP contribution in [0.25, 0.3) is 0 Å². The molecule has 0 fully saturated rings. The summed E-state index contributed by atoms with van der Waals surface area (Å²) < 4.78 is 37.8. The Morgan fingerprint density at radius 3 is 2.56 bits per heavy atom. The predicted octanol–water partition coefficient (Wildman–Crippen LogP) is 2.84. The van der Waals surface area contributed by atoms with Gasteiger partial charge >= 0.3 is 6.18 Å². The average molecular weight is 282 g/mol. The van der Waals surface area contributed by atoms with Crippen molar-refractivity contribution in [3.05, 3.63) is 33.9 Å². The molecule has 1 aromatic carbocycles. The van der Waals surface area contributed by atoms with Gasteiger partial charge in [0.05, 0.1) is 16.5 Å². The lowest BCUT2D eigenvalue weighted by Crippen LogP contribution is -2.12. The fourth-order valence-corrected chi connectivity index (χ4v) is 1.24. The minimum absolute atomic E-state index is 0.0846. The first-order chi connectivity index (χ1) is 8.25. The van der Waals surface area contributed by atoms with Gasteiger partial charge < -0.3 is 5.73 Å². The molecule has 0 spiro atoms. The largest absolute Gasteiger partial charge is 0.423 e. The number of aliphatic imine (C=N–C) groups is 1. The number of halogens is 4. The molecule has 0 aliphatic carbocycles. The fraction of sp³-hybridized carbons (Fsp3) is 0.222. The number of rotatable bonds is 3. The molecule has 1 rings (SSSR count). The first kappa shape index (κ1) is 14.2. The van der Waals surface area contributed by atoms with Crippen LogP contribution in [0.2, 0.25) is 0 Å². The van der Waals surface area contributed by atoms with E-state index in [0.717, 1.165) is 12.1 Å². The maximum atomic E-state index is 12.6. The molecule has 9 heteroatoms. The Balaban J connectivity index is 3.35. The van der Waals surface area contributed by atoms with Gasteiger partial charge in [-0.15, -0.1) is 11.6 Å². The number of nitro benzene ring substituents is 1. The average Bonchev–Trinajstić information content (AvgIpc) is 2.27. The van der Waals surface area contributed by atoms with E-state index >= 15 is 0 Å². The maximum Gasteiger partial charge on any atom is 0.423 e. The monoisotopic (exact) mass is 281 g/mol. The fourth-order valence-electron chi connectivity index (χ4n) is 1.18. The van der Waals surface area contributed by atoms with E-state index in [1.807, 2.05) is 0 Å². The zero-order chi connectivity index (χ0) is 13.9. The third-order valence-electron chi connectivity index (χ3n) is 1.89. The van der Waals surface area contributed by atoms with Crippen molar-refractivity contribution in [3.63, 3.8) is 0 Å². The van der Waals surface area contributed by atoms with E-state index in [2.05, 4.69) is 4.99 Å². The van der Waals surface area contributed by atoms with Crippen molar-refractivity contribution in [2.45, 2.75) is 6.18 Å². The summed E-state index contributed by atoms with van der Waals surface area (Å²) in [6.07, 6.45) is -4.84. The molecule has 0 aromatic heterocycles. The zero-order valence-corrected chi connectivity index (χ0v) is 9.50. The van der Waals surface area contributed by atoms with Gasteiger partial charge in [-0.1, -0.05) is 0 Å². The third-order valence-corrected chi connectivity index (χ3v) is 2.17. The van der Waals surface area contributed by atoms with Gasteiger partial charge in [-0.2, -0.15) is 13.2 Å². The Labute approximate surface area is 104 Å². The van der Waals surface area contributed by atoms with Crippen molar-refractivity contribution in [1.82, 2.24) is 0 Å². The third kappa shape index (κ3) is 3.33. The SMILES string of the molecule is NC(CCl)=Nc1ccc([N+](=O)[O-])c(C(F)(F)F)c1. The van der Waals surface area contributed by atoms with Crippen LogP contribution in [0, 0.1) is 10.1 Å². The second kappa shape index (κ2) is 5.21. The second-order valence-electron chi connectivity index (χ2n) is 3.19. The molecule has 1 aromatic rings. The van der Waals surface area contributed by atoms with Gasteiger partial charge in [0.1, 0.15) is 11.4 Å². The normalized spacial score (nSPS) is 12.6. The molecule has 0 saturated heterocycles. The van der Waals surface area contributed by atoms with Gasteiger partial charge in [0, 0.05) is 6.07 Å². The minimum Gasteiger partial charge on any atom is -0.386 e. The van der Waals surface area contributed by atoms with E-state index in [0.29, 0.717) is 6.07 Å². The van der Waals surface area contributed by atoms with Crippen LogP contribution in [0.1, 0.15) is 5.56 Å². The molecule has 2 N–H and O–H groups in total. The smallest absolute Gasteiger partial charge is 0.386 e. The number of amidine groups is 1. The topological polar surface area (TPSA) is 81.5 Å². The van der Waals surface area contributed by atoms with Gasteiger partial charge in [-0.25, -0.2) is 4.99 Å². The summed E-state index contributed by atoms with van der Waals surface area (Å²) in [6, 6.07) is 2.34. The molecule has 0 amide bonds. The quantitative estimate of drug-likeness (QED) is 0.304. The lowest BCUT2D eigenvalue weighted by atomic mass is 10.1. The van der Waals surface area contributed by atoms with E-state index in [4.69, 9.17) is 17.3 Å². The van der Waals surface area contributed by atoms with Crippen LogP contribution in [-0.2, 0) is 6.18 Å². The van der Waals surface area contributed by atoms with E-state index in [-0.39, 0.29) is 17.4 Å². The number of benzene rings is 1. The second-order valence-corrected chi connectivity index (χ2v) is 3.46. The van der Waals surface area contributed by atoms with Crippen molar-refractivity contribution >= 4 is 28.8 Å². The van der Waals surface area contributed by atoms with Gasteiger partial charge in [-0.05, 0) is 12.1 Å². The molecule has 0 atom stereocenters. The van der Waals surface area contributed by atoms with E-state index in [1.54, 1.807) is 0 Å². The summed E-state index contributed by atoms with van der Waals surface area (Å²) in [5.41, 5.74) is 2.70. The van der Waals surface area contributed by atoms with Crippen molar-refractivity contribution < 1.29 is 18.1 Å². The van der Waals surface area contributed by atoms with E-state index < -0.39 is 22.4 Å². The van der Waals surface area contributed by atoms with Crippen molar-refractivity contribution in [2.24, 2.45) is 10.7 Å². The van der Waals surface area contributed by atoms with Crippen LogP contribution < -0.4 is 5.73 Å². The molecular weight excluding hydrogens is 275 g/mol. The van der Waals surface area contributed by atoms with Crippen LogP contribution in [0.4, 0.5) is 24.5 Å². The van der Waals surface area contributed by atoms with Crippen molar-refractivity contribution in [2.75, 3.05) is 5.88 Å². The Kier molecular flexibility index (Phi) is 4.12. The van der Waals surface area contributed by atoms with Gasteiger partial charge in [0.25, 0.3) is 5.69 Å². The number of hydrogen-bond donors (Lipinski definition) is 1. The molecule has 0 aliphatic heterocycles. The molecular formula is C9H7ClF3N3O2. The lowest BCUT2D eigenvalue weighted by Gasteiger charge is -2.08. The van der Waals surface area contributed by atoms with Crippen LogP contribution in [0.3, 0.4) is 0 Å². The highest BCUT2D eigenvalue weighted by Gasteiger charge is 2.38. The summed E-state index contributed by atoms with van der Waals surface area (Å²) in [5, 5.41) is 10.5. The number of alkyl halides is 4. The van der Waals surface area contributed by atoms with Gasteiger partial charge in [-0.3, -0.25) is 10.1 Å². The Morgan fingerprint density at radius 1 is 1.50 bits per heavy atom. The first-order valence-corrected chi connectivity index (χ1v) is 5.03. The van der Waals surface area contributed by atoms with Crippen LogP contribution >= 0.6 is 11.6 Å². The number of nitrogens with two attached hydrogens (primary N) is 1. The summed E-state index contributed by atoms with van der Waals surface area (Å²) in [6.45, 7) is 0. The Bertz CT molecular complexity index is 502. The van der Waals surface area contributed by atoms with Gasteiger partial charge in [0.2, 0.25) is 0 Å². The summed E-state index contributed by atoms with van der Waals surface area (Å²) in [5.74, 6) is -0.239. The van der Waals surface area contributed by atoms with Crippen molar-refractivity contribution in [3.8, 4) is 0 Å². The first-order valence-electron chi connectivity index (χ1n) is 4.50. The van der Waals surface area contributed by atoms with E-state index in [9.17, 15) is 23.3 Å². The molecule has 0 unspecified atom stereocenters. The molecule has 0 radical (unpaired) electrons. The molecule has 0 saturated carbocycles. The number of nitro groups is 1. The lowest BCUT2D eigenvalue weighted by molar-refractivity contribution is -0.388. The van der Waals surface area contributed by atoms with E-state index in [1.165, 1.54) is 0 Å². The van der Waals surface area contributed by atoms with Gasteiger partial charge in [0.15, 0.2) is 0 Å². The molecule has 0 aliphatic rings. The number of nitrogens with zero attached hydrogens (tertiary/aromatic N) is 2. The van der Waals surface area contributed by atoms with Crippen LogP contribution in [0.15, 0.2) is 23.2 Å². The standard InChI is InChI=1S/C9H7ClF3N3O2/c10-4-8(14)15-5-1-2-7(16(17)18)6(3-5)9(11,12)13/h1-3H,4H2,(H2,14,15). The van der Waals surface area contributed by atoms with Crippen molar-refractivity contribution in [1.29, 1.82) is 0 Å². The number of hydrogen-bond acceptors (Lipinski definition) is 3. The Morgan fingerprint density at radius 2 is 2.11 bits per heavy atom. The summed E-state index contributed by atoms with van der Waals surface area (Å²) >= 11 is 5.33. The summed E-state index contributed by atoms with van der Waals surface area (Å²) in [7, 11) is 0. The molecule has 18 heavy (non-hydrogen) atoms. The molecule has 0 heterocycles. The molecule has 5 nitrogen and oxygen atoms in total. The summed E-state index contributed by atoms with van der Waals surface area (Å²) in [4.78, 5) is 13.0. The zero-order valence-electron chi connectivity index (χ0n) is 8.74. The minimum atomic E-state index is -4.84. The van der Waals surface area contributed by atoms with Crippen LogP contribution in [0.5, 0.6) is 0 Å². The Hall–Kier alpha value is -1.83. The predicted molar refractivity (Wildman–Crippen MR) is 60.1 cm³/mol. The maximum absolute atomic E-state index is 12.6. The highest BCUT2D eigenvalue weighted by molar-refractivity contribution is 6.28. The highest BCUT2D eigenvalue weighted by atomic mass is 35.5. The molecule has 98 valence electrons.